The van der Waals surface area contributed by atoms with Gasteiger partial charge in [0.15, 0.2) is 0 Å². The van der Waals surface area contributed by atoms with Crippen molar-refractivity contribution >= 4 is 21.4 Å². The van der Waals surface area contributed by atoms with Crippen molar-refractivity contribution in [2.75, 3.05) is 31.3 Å². The molecule has 1 aromatic rings. The normalized spacial score (nSPS) is 20.8. The zero-order valence-electron chi connectivity index (χ0n) is 11.7. The second kappa shape index (κ2) is 5.99. The van der Waals surface area contributed by atoms with E-state index in [1.165, 1.54) is 13.1 Å². The van der Waals surface area contributed by atoms with Crippen molar-refractivity contribution in [3.05, 3.63) is 18.2 Å². The first-order chi connectivity index (χ1) is 9.44. The minimum atomic E-state index is -3.46. The van der Waals surface area contributed by atoms with Crippen LogP contribution in [0.4, 0.5) is 11.4 Å². The second-order valence-corrected chi connectivity index (χ2v) is 6.90. The molecule has 1 fully saturated rings. The van der Waals surface area contributed by atoms with Gasteiger partial charge in [0.25, 0.3) is 0 Å². The van der Waals surface area contributed by atoms with Gasteiger partial charge in [-0.25, -0.2) is 13.1 Å². The van der Waals surface area contributed by atoms with Gasteiger partial charge in [0.1, 0.15) is 0 Å². The molecule has 20 heavy (non-hydrogen) atoms. The van der Waals surface area contributed by atoms with E-state index in [1.54, 1.807) is 12.1 Å². The number of nitrogens with two attached hydrogens (primary N) is 1. The molecule has 1 heterocycles. The highest BCUT2D eigenvalue weighted by Gasteiger charge is 2.23. The maximum absolute atomic E-state index is 11.7. The van der Waals surface area contributed by atoms with E-state index >= 15 is 0 Å². The summed E-state index contributed by atoms with van der Waals surface area (Å²) in [6.45, 7) is 3.63. The zero-order valence-corrected chi connectivity index (χ0v) is 12.5. The number of benzene rings is 1. The molecule has 0 bridgehead atoms. The predicted octanol–water partition coefficient (Wildman–Crippen LogP) is 1.01. The molecule has 1 aromatic carbocycles. The summed E-state index contributed by atoms with van der Waals surface area (Å²) in [6.07, 6.45) is 1.03. The fourth-order valence-corrected chi connectivity index (χ4v) is 3.03. The first-order valence-electron chi connectivity index (χ1n) is 6.61. The minimum Gasteiger partial charge on any atom is -0.397 e. The zero-order chi connectivity index (χ0) is 14.8. The minimum absolute atomic E-state index is 0.167. The molecular weight excluding hydrogens is 278 g/mol. The fraction of sp³-hybridized carbons (Fsp3) is 0.538. The van der Waals surface area contributed by atoms with Crippen molar-refractivity contribution in [2.24, 2.45) is 5.92 Å². The Kier molecular flexibility index (Phi) is 4.52. The van der Waals surface area contributed by atoms with E-state index in [9.17, 15) is 8.42 Å². The van der Waals surface area contributed by atoms with Crippen LogP contribution in [0.15, 0.2) is 23.1 Å². The van der Waals surface area contributed by atoms with Gasteiger partial charge >= 0.3 is 0 Å². The van der Waals surface area contributed by atoms with Gasteiger partial charge in [-0.2, -0.15) is 0 Å². The van der Waals surface area contributed by atoms with E-state index in [0.717, 1.165) is 25.3 Å². The van der Waals surface area contributed by atoms with Gasteiger partial charge < -0.3 is 15.8 Å². The summed E-state index contributed by atoms with van der Waals surface area (Å²) in [4.78, 5) is 0.167. The third-order valence-electron chi connectivity index (χ3n) is 3.66. The Balaban J connectivity index is 2.13. The average Bonchev–Trinajstić information content (AvgIpc) is 2.95. The van der Waals surface area contributed by atoms with Crippen LogP contribution in [0.5, 0.6) is 0 Å². The van der Waals surface area contributed by atoms with Crippen LogP contribution >= 0.6 is 0 Å². The molecule has 2 rings (SSSR count). The van der Waals surface area contributed by atoms with Crippen molar-refractivity contribution in [3.8, 4) is 0 Å². The quantitative estimate of drug-likeness (QED) is 0.706. The van der Waals surface area contributed by atoms with Crippen LogP contribution in [0.2, 0.25) is 0 Å². The van der Waals surface area contributed by atoms with Crippen molar-refractivity contribution in [3.63, 3.8) is 0 Å². The third kappa shape index (κ3) is 3.23. The molecule has 6 nitrogen and oxygen atoms in total. The van der Waals surface area contributed by atoms with Crippen molar-refractivity contribution in [1.82, 2.24) is 4.72 Å². The van der Waals surface area contributed by atoms with Crippen LogP contribution in [0, 0.1) is 5.92 Å². The van der Waals surface area contributed by atoms with E-state index in [0.29, 0.717) is 11.6 Å². The summed E-state index contributed by atoms with van der Waals surface area (Å²) < 4.78 is 31.0. The lowest BCUT2D eigenvalue weighted by atomic mass is 10.0. The molecule has 2 atom stereocenters. The van der Waals surface area contributed by atoms with E-state index in [-0.39, 0.29) is 10.9 Å². The predicted molar refractivity (Wildman–Crippen MR) is 79.1 cm³/mol. The van der Waals surface area contributed by atoms with Gasteiger partial charge in [0, 0.05) is 18.6 Å². The lowest BCUT2D eigenvalue weighted by Gasteiger charge is -2.21. The van der Waals surface area contributed by atoms with Gasteiger partial charge in [0.2, 0.25) is 10.0 Å². The van der Waals surface area contributed by atoms with E-state index in [4.69, 9.17) is 10.5 Å². The lowest BCUT2D eigenvalue weighted by molar-refractivity contribution is 0.183. The van der Waals surface area contributed by atoms with Crippen LogP contribution < -0.4 is 15.8 Å². The molecule has 4 N–H and O–H groups in total. The molecule has 0 saturated carbocycles. The molecule has 1 aliphatic heterocycles. The summed E-state index contributed by atoms with van der Waals surface area (Å²) in [5, 5.41) is 3.33. The van der Waals surface area contributed by atoms with Crippen molar-refractivity contribution < 1.29 is 13.2 Å². The first kappa shape index (κ1) is 15.1. The van der Waals surface area contributed by atoms with E-state index in [2.05, 4.69) is 17.0 Å². The van der Waals surface area contributed by atoms with Gasteiger partial charge in [-0.3, -0.25) is 0 Å². The SMILES string of the molecule is CNS(=O)(=O)c1ccc(NC(C)C2CCOC2)c(N)c1. The molecule has 1 saturated heterocycles. The summed E-state index contributed by atoms with van der Waals surface area (Å²) in [5.41, 5.74) is 7.11. The molecule has 2 unspecified atom stereocenters. The highest BCUT2D eigenvalue weighted by molar-refractivity contribution is 7.89. The first-order valence-corrected chi connectivity index (χ1v) is 8.09. The topological polar surface area (TPSA) is 93.5 Å². The average molecular weight is 299 g/mol. The van der Waals surface area contributed by atoms with Gasteiger partial charge in [-0.15, -0.1) is 0 Å². The van der Waals surface area contributed by atoms with Gasteiger partial charge in [0.05, 0.1) is 22.9 Å². The number of hydrogen-bond donors (Lipinski definition) is 3. The summed E-state index contributed by atoms with van der Waals surface area (Å²) in [5.74, 6) is 0.454. The van der Waals surface area contributed by atoms with Crippen molar-refractivity contribution in [2.45, 2.75) is 24.3 Å². The van der Waals surface area contributed by atoms with E-state index < -0.39 is 10.0 Å². The maximum atomic E-state index is 11.7. The Bertz CT molecular complexity index is 568. The molecule has 0 radical (unpaired) electrons. The molecule has 0 spiro atoms. The third-order valence-corrected chi connectivity index (χ3v) is 5.07. The summed E-state index contributed by atoms with van der Waals surface area (Å²) >= 11 is 0. The van der Waals surface area contributed by atoms with Gasteiger partial charge in [-0.1, -0.05) is 0 Å². The molecule has 0 aromatic heterocycles. The molecule has 1 aliphatic rings. The monoisotopic (exact) mass is 299 g/mol. The van der Waals surface area contributed by atoms with Crippen LogP contribution in [-0.4, -0.2) is 34.7 Å². The lowest BCUT2D eigenvalue weighted by Crippen LogP contribution is -2.26. The summed E-state index contributed by atoms with van der Waals surface area (Å²) in [7, 11) is -2.08. The fourth-order valence-electron chi connectivity index (χ4n) is 2.27. The van der Waals surface area contributed by atoms with Crippen LogP contribution in [0.1, 0.15) is 13.3 Å². The standard InChI is InChI=1S/C13H21N3O3S/c1-9(10-5-6-19-8-10)16-13-4-3-11(7-12(13)14)20(17,18)15-2/h3-4,7,9-10,15-16H,5-6,8,14H2,1-2H3. The Morgan fingerprint density at radius 1 is 1.45 bits per heavy atom. The Morgan fingerprint density at radius 2 is 2.20 bits per heavy atom. The molecule has 112 valence electrons. The number of anilines is 2. The highest BCUT2D eigenvalue weighted by Crippen LogP contribution is 2.26. The number of sulfonamides is 1. The van der Waals surface area contributed by atoms with Crippen LogP contribution in [-0.2, 0) is 14.8 Å². The molecule has 7 heteroatoms. The van der Waals surface area contributed by atoms with Crippen LogP contribution in [0.3, 0.4) is 0 Å². The molecular formula is C13H21N3O3S. The molecule has 0 aliphatic carbocycles. The number of ether oxygens (including phenoxy) is 1. The summed E-state index contributed by atoms with van der Waals surface area (Å²) in [6, 6.07) is 4.94. The van der Waals surface area contributed by atoms with Gasteiger partial charge in [-0.05, 0) is 38.6 Å². The Hall–Kier alpha value is -1.31. The number of hydrogen-bond acceptors (Lipinski definition) is 5. The number of rotatable bonds is 5. The second-order valence-electron chi connectivity index (χ2n) is 5.01. The maximum Gasteiger partial charge on any atom is 0.240 e. The largest absolute Gasteiger partial charge is 0.397 e. The molecule has 0 amide bonds. The van der Waals surface area contributed by atoms with Crippen molar-refractivity contribution in [1.29, 1.82) is 0 Å². The highest BCUT2D eigenvalue weighted by atomic mass is 32.2. The Labute approximate surface area is 119 Å². The Morgan fingerprint density at radius 3 is 2.75 bits per heavy atom. The number of nitrogens with one attached hydrogen (secondary N) is 2. The van der Waals surface area contributed by atoms with E-state index in [1.807, 2.05) is 0 Å². The number of nitrogen functional groups attached to an aromatic ring is 1. The smallest absolute Gasteiger partial charge is 0.240 e. The van der Waals surface area contributed by atoms with Crippen LogP contribution in [0.25, 0.3) is 0 Å².